The molecule has 2 unspecified atom stereocenters. The summed E-state index contributed by atoms with van der Waals surface area (Å²) in [7, 11) is 3.12. The number of nitrogens with zero attached hydrogens (tertiary/aromatic N) is 2. The maximum atomic E-state index is 14.7. The Kier molecular flexibility index (Phi) is 17.8. The van der Waals surface area contributed by atoms with Crippen molar-refractivity contribution >= 4 is 125 Å². The number of halogens is 4. The number of fused-ring (bicyclic) bond motifs is 2. The lowest BCUT2D eigenvalue weighted by Crippen LogP contribution is -2.50. The van der Waals surface area contributed by atoms with E-state index in [1.54, 1.807) is 14.2 Å². The lowest BCUT2D eigenvalue weighted by molar-refractivity contribution is -0.151. The normalized spacial score (nSPS) is 14.7. The molecule has 0 saturated carbocycles. The van der Waals surface area contributed by atoms with Crippen molar-refractivity contribution in [3.05, 3.63) is 66.6 Å². The maximum Gasteiger partial charge on any atom is 0.332 e. The van der Waals surface area contributed by atoms with Crippen LogP contribution in [0, 0.1) is 11.8 Å². The fraction of sp³-hybridized carbons (Fsp3) is 0.480. The monoisotopic (exact) mass is 1050 g/mol. The van der Waals surface area contributed by atoms with Gasteiger partial charge in [-0.15, -0.1) is 0 Å². The minimum absolute atomic E-state index is 0.0333. The first kappa shape index (κ1) is 53.3. The quantitative estimate of drug-likeness (QED) is 0.0168. The van der Waals surface area contributed by atoms with Gasteiger partial charge in [0, 0.05) is 77.4 Å². The molecule has 16 nitrogen and oxygen atoms in total. The zero-order valence-electron chi connectivity index (χ0n) is 39.6. The fourth-order valence-corrected chi connectivity index (χ4v) is 10.4. The summed E-state index contributed by atoms with van der Waals surface area (Å²) >= 11 is 28.9. The predicted octanol–water partition coefficient (Wildman–Crippen LogP) is 8.82. The molecule has 0 aliphatic carbocycles. The molecule has 0 saturated heterocycles. The second-order valence-corrected chi connectivity index (χ2v) is 19.5. The Bertz CT molecular complexity index is 2510. The van der Waals surface area contributed by atoms with Crippen LogP contribution in [0.4, 0.5) is 0 Å². The number of esters is 2. The van der Waals surface area contributed by atoms with Gasteiger partial charge in [-0.05, 0) is 48.9 Å². The summed E-state index contributed by atoms with van der Waals surface area (Å²) in [5.41, 5.74) is 0.355. The summed E-state index contributed by atoms with van der Waals surface area (Å²) < 4.78 is 42.5. The molecular weight excluding hydrogens is 994 g/mol. The van der Waals surface area contributed by atoms with E-state index >= 15 is 0 Å². The molecule has 2 heterocycles. The van der Waals surface area contributed by atoms with Crippen molar-refractivity contribution in [3.8, 4) is 0 Å². The van der Waals surface area contributed by atoms with E-state index in [2.05, 4.69) is 0 Å². The SMILES string of the molecule is COCCOCCOCC(=O)OCC(CC(C)C)N1C(=O)c2cc(Cl)c3c4c(Cl)cc5c6c(cc(Cl)c(c7c(Cl)cc(c2c37)C1=O)c64)C(=O)N(C(COC(=O)COCCOCCOC)CC(C)C)C5=O. The number of benzene rings is 5. The largest absolute Gasteiger partial charge is 0.462 e. The molecule has 70 heavy (non-hydrogen) atoms. The standard InChI is InChI=1S/C50H54Cl4N2O14/c1-25(2)15-27(21-69-37(57)23-67-13-11-65-9-7-63-5)55-47(59)29-17-33(51)41-43-35(53)19-31-40-32(20-36(54)44(46(40)43)42-34(52)18-30(48(55)60)39(29)45(41)42)50(62)56(49(31)61)28(16-26(3)4)22-70-38(58)24-68-14-12-66-10-8-64-6/h17-20,25-28H,7-16,21-24H2,1-6H3. The predicted molar refractivity (Wildman–Crippen MR) is 264 cm³/mol. The Labute approximate surface area is 424 Å². The molecular formula is C50H54Cl4N2O14. The second kappa shape index (κ2) is 23.4. The Balaban J connectivity index is 1.24. The molecule has 0 aromatic heterocycles. The third-order valence-electron chi connectivity index (χ3n) is 12.1. The van der Waals surface area contributed by atoms with E-state index in [0.29, 0.717) is 71.6 Å². The minimum atomic E-state index is -0.882. The molecule has 2 aliphatic heterocycles. The zero-order chi connectivity index (χ0) is 50.6. The average Bonchev–Trinajstić information content (AvgIpc) is 3.30. The first-order chi connectivity index (χ1) is 33.5. The number of methoxy groups -OCH3 is 2. The number of hydrogen-bond acceptors (Lipinski definition) is 14. The van der Waals surface area contributed by atoms with Gasteiger partial charge in [-0.2, -0.15) is 0 Å². The van der Waals surface area contributed by atoms with Crippen molar-refractivity contribution < 1.29 is 66.7 Å². The average molecular weight is 1050 g/mol. The lowest BCUT2D eigenvalue weighted by atomic mass is 9.81. The van der Waals surface area contributed by atoms with Crippen molar-refractivity contribution in [1.82, 2.24) is 9.80 Å². The zero-order valence-corrected chi connectivity index (χ0v) is 42.7. The summed E-state index contributed by atoms with van der Waals surface area (Å²) in [6.45, 7) is 8.67. The molecule has 0 spiro atoms. The number of ether oxygens (including phenoxy) is 8. The van der Waals surface area contributed by atoms with E-state index in [9.17, 15) is 28.8 Å². The van der Waals surface area contributed by atoms with Crippen molar-refractivity contribution in [1.29, 1.82) is 0 Å². The topological polar surface area (TPSA) is 183 Å². The van der Waals surface area contributed by atoms with Crippen LogP contribution in [0.5, 0.6) is 0 Å². The summed E-state index contributed by atoms with van der Waals surface area (Å²) in [4.78, 5) is 86.7. The van der Waals surface area contributed by atoms with Gasteiger partial charge in [-0.1, -0.05) is 74.1 Å². The van der Waals surface area contributed by atoms with Gasteiger partial charge < -0.3 is 37.9 Å². The van der Waals surface area contributed by atoms with Crippen molar-refractivity contribution in [2.24, 2.45) is 11.8 Å². The molecule has 0 bridgehead atoms. The van der Waals surface area contributed by atoms with Crippen LogP contribution < -0.4 is 0 Å². The number of rotatable bonds is 26. The molecule has 20 heteroatoms. The molecule has 0 N–H and O–H groups in total. The fourth-order valence-electron chi connectivity index (χ4n) is 9.24. The summed E-state index contributed by atoms with van der Waals surface area (Å²) in [5, 5.41) is 2.70. The van der Waals surface area contributed by atoms with Gasteiger partial charge in [-0.25, -0.2) is 9.59 Å². The van der Waals surface area contributed by atoms with Crippen LogP contribution in [0.2, 0.25) is 20.1 Å². The third-order valence-corrected chi connectivity index (χ3v) is 13.2. The van der Waals surface area contributed by atoms with E-state index in [-0.39, 0.29) is 118 Å². The Hall–Kier alpha value is -4.46. The van der Waals surface area contributed by atoms with Gasteiger partial charge in [0.25, 0.3) is 23.6 Å². The highest BCUT2D eigenvalue weighted by Gasteiger charge is 2.43. The van der Waals surface area contributed by atoms with E-state index in [0.717, 1.165) is 9.80 Å². The first-order valence-corrected chi connectivity index (χ1v) is 24.4. The number of carbonyl (C=O) groups is 6. The molecule has 0 fully saturated rings. The number of amides is 4. The number of carbonyl (C=O) groups excluding carboxylic acids is 6. The molecule has 5 aromatic carbocycles. The summed E-state index contributed by atoms with van der Waals surface area (Å²) in [6, 6.07) is 4.07. The molecule has 4 amide bonds. The molecule has 2 aliphatic rings. The molecule has 5 aromatic rings. The van der Waals surface area contributed by atoms with Crippen LogP contribution in [-0.2, 0) is 47.5 Å². The Morgan fingerprint density at radius 1 is 0.443 bits per heavy atom. The molecule has 2 atom stereocenters. The Morgan fingerprint density at radius 3 is 1.01 bits per heavy atom. The third kappa shape index (κ3) is 10.8. The molecule has 0 radical (unpaired) electrons. The molecule has 376 valence electrons. The van der Waals surface area contributed by atoms with E-state index in [1.165, 1.54) is 24.3 Å². The van der Waals surface area contributed by atoms with Gasteiger partial charge in [0.15, 0.2) is 0 Å². The van der Waals surface area contributed by atoms with Crippen LogP contribution in [0.25, 0.3) is 43.1 Å². The maximum absolute atomic E-state index is 14.7. The second-order valence-electron chi connectivity index (χ2n) is 17.8. The number of hydrogen-bond donors (Lipinski definition) is 0. The van der Waals surface area contributed by atoms with Crippen LogP contribution in [0.3, 0.4) is 0 Å². The minimum Gasteiger partial charge on any atom is -0.462 e. The summed E-state index contributed by atoms with van der Waals surface area (Å²) in [5.74, 6) is -4.14. The van der Waals surface area contributed by atoms with Crippen LogP contribution in [0.1, 0.15) is 82.0 Å². The highest BCUT2D eigenvalue weighted by atomic mass is 35.5. The van der Waals surface area contributed by atoms with Crippen LogP contribution >= 0.6 is 46.4 Å². The van der Waals surface area contributed by atoms with Crippen LogP contribution in [-0.4, -0.2) is 151 Å². The van der Waals surface area contributed by atoms with Gasteiger partial charge in [-0.3, -0.25) is 29.0 Å². The van der Waals surface area contributed by atoms with Gasteiger partial charge >= 0.3 is 11.9 Å². The van der Waals surface area contributed by atoms with Gasteiger partial charge in [0.05, 0.1) is 87.2 Å². The first-order valence-electron chi connectivity index (χ1n) is 22.9. The van der Waals surface area contributed by atoms with Gasteiger partial charge in [0.2, 0.25) is 0 Å². The van der Waals surface area contributed by atoms with Crippen LogP contribution in [0.15, 0.2) is 24.3 Å². The van der Waals surface area contributed by atoms with Crippen molar-refractivity contribution in [3.63, 3.8) is 0 Å². The van der Waals surface area contributed by atoms with E-state index in [1.807, 2.05) is 27.7 Å². The lowest BCUT2D eigenvalue weighted by Gasteiger charge is -2.36. The molecule has 7 rings (SSSR count). The summed E-state index contributed by atoms with van der Waals surface area (Å²) in [6.07, 6.45) is 0.583. The van der Waals surface area contributed by atoms with Gasteiger partial charge in [0.1, 0.15) is 26.4 Å². The highest BCUT2D eigenvalue weighted by molar-refractivity contribution is 6.56. The smallest absolute Gasteiger partial charge is 0.332 e. The van der Waals surface area contributed by atoms with E-state index in [4.69, 9.17) is 84.3 Å². The number of imide groups is 2. The van der Waals surface area contributed by atoms with Crippen molar-refractivity contribution in [2.75, 3.05) is 93.5 Å². The Morgan fingerprint density at radius 2 is 0.729 bits per heavy atom. The van der Waals surface area contributed by atoms with E-state index < -0.39 is 47.7 Å². The van der Waals surface area contributed by atoms with Crippen molar-refractivity contribution in [2.45, 2.75) is 52.6 Å². The highest BCUT2D eigenvalue weighted by Crippen LogP contribution is 2.54.